The third-order valence-electron chi connectivity index (χ3n) is 5.91. The van der Waals surface area contributed by atoms with Gasteiger partial charge in [0.15, 0.2) is 0 Å². The zero-order valence-corrected chi connectivity index (χ0v) is 14.5. The van der Waals surface area contributed by atoms with Gasteiger partial charge in [0.05, 0.1) is 31.7 Å². The van der Waals surface area contributed by atoms with Crippen LogP contribution in [0.25, 0.3) is 0 Å². The normalized spacial score (nSPS) is 28.2. The predicted molar refractivity (Wildman–Crippen MR) is 94.3 cm³/mol. The maximum Gasteiger partial charge on any atom is 0.0641 e. The van der Waals surface area contributed by atoms with Crippen LogP contribution in [0.1, 0.15) is 19.3 Å². The minimum absolute atomic E-state index is 0.301. The Bertz CT molecular complexity index is 511. The summed E-state index contributed by atoms with van der Waals surface area (Å²) < 4.78 is 11.5. The van der Waals surface area contributed by atoms with Gasteiger partial charge in [0.25, 0.3) is 0 Å². The fraction of sp³-hybridized carbons (Fsp3) is 0.737. The van der Waals surface area contributed by atoms with Gasteiger partial charge >= 0.3 is 0 Å². The molecule has 0 aromatic carbocycles. The molecule has 132 valence electrons. The van der Waals surface area contributed by atoms with Crippen LogP contribution in [0.2, 0.25) is 0 Å². The maximum atomic E-state index is 6.01. The summed E-state index contributed by atoms with van der Waals surface area (Å²) in [7, 11) is 0. The quantitative estimate of drug-likeness (QED) is 0.847. The standard InChI is InChI=1S/C19H29N3O2/c1-2-18(12-20-6-1)22-9-11-24-16-19(15-22)4-7-21(8-5-19)13-17-3-10-23-14-17/h1-2,6,12,17H,3-5,7-11,13-16H2. The summed E-state index contributed by atoms with van der Waals surface area (Å²) in [5.74, 6) is 0.747. The topological polar surface area (TPSA) is 37.8 Å². The first-order valence-corrected chi connectivity index (χ1v) is 9.36. The third kappa shape index (κ3) is 3.73. The van der Waals surface area contributed by atoms with Gasteiger partial charge in [-0.25, -0.2) is 0 Å². The monoisotopic (exact) mass is 331 g/mol. The molecule has 3 aliphatic rings. The lowest BCUT2D eigenvalue weighted by Crippen LogP contribution is -2.48. The number of piperidine rings is 1. The van der Waals surface area contributed by atoms with Crippen LogP contribution in [0, 0.1) is 11.3 Å². The fourth-order valence-corrected chi connectivity index (χ4v) is 4.36. The molecule has 0 N–H and O–H groups in total. The van der Waals surface area contributed by atoms with Gasteiger partial charge in [-0.15, -0.1) is 0 Å². The second-order valence-electron chi connectivity index (χ2n) is 7.72. The minimum Gasteiger partial charge on any atom is -0.381 e. The first-order valence-electron chi connectivity index (χ1n) is 9.36. The average molecular weight is 331 g/mol. The summed E-state index contributed by atoms with van der Waals surface area (Å²) in [5.41, 5.74) is 1.53. The zero-order chi connectivity index (χ0) is 16.2. The van der Waals surface area contributed by atoms with Crippen molar-refractivity contribution in [3.8, 4) is 0 Å². The van der Waals surface area contributed by atoms with Crippen molar-refractivity contribution in [2.75, 3.05) is 64.1 Å². The van der Waals surface area contributed by atoms with Crippen molar-refractivity contribution in [1.29, 1.82) is 0 Å². The molecule has 3 fully saturated rings. The summed E-state index contributed by atoms with van der Waals surface area (Å²) in [6, 6.07) is 4.20. The minimum atomic E-state index is 0.301. The van der Waals surface area contributed by atoms with Crippen LogP contribution in [-0.2, 0) is 9.47 Å². The number of rotatable bonds is 3. The van der Waals surface area contributed by atoms with Crippen LogP contribution in [0.15, 0.2) is 24.5 Å². The smallest absolute Gasteiger partial charge is 0.0641 e. The van der Waals surface area contributed by atoms with Gasteiger partial charge in [0.2, 0.25) is 0 Å². The van der Waals surface area contributed by atoms with Gasteiger partial charge in [0.1, 0.15) is 0 Å². The van der Waals surface area contributed by atoms with E-state index in [2.05, 4.69) is 20.9 Å². The van der Waals surface area contributed by atoms with E-state index in [0.717, 1.165) is 45.4 Å². The van der Waals surface area contributed by atoms with Gasteiger partial charge in [-0.05, 0) is 50.4 Å². The molecule has 1 aromatic heterocycles. The van der Waals surface area contributed by atoms with E-state index in [4.69, 9.17) is 9.47 Å². The Balaban J connectivity index is 1.37. The number of pyridine rings is 1. The van der Waals surface area contributed by atoms with E-state index in [9.17, 15) is 0 Å². The molecule has 5 heteroatoms. The van der Waals surface area contributed by atoms with Crippen molar-refractivity contribution in [2.45, 2.75) is 19.3 Å². The van der Waals surface area contributed by atoms with Gasteiger partial charge in [-0.1, -0.05) is 0 Å². The lowest BCUT2D eigenvalue weighted by atomic mass is 9.78. The Labute approximate surface area is 144 Å². The van der Waals surface area contributed by atoms with E-state index in [0.29, 0.717) is 5.41 Å². The zero-order valence-electron chi connectivity index (χ0n) is 14.5. The number of hydrogen-bond acceptors (Lipinski definition) is 5. The first-order chi connectivity index (χ1) is 11.8. The number of aromatic nitrogens is 1. The molecule has 5 nitrogen and oxygen atoms in total. The summed E-state index contributed by atoms with van der Waals surface area (Å²) >= 11 is 0. The van der Waals surface area contributed by atoms with Crippen molar-refractivity contribution in [3.05, 3.63) is 24.5 Å². The predicted octanol–water partition coefficient (Wildman–Crippen LogP) is 2.04. The van der Waals surface area contributed by atoms with Crippen LogP contribution >= 0.6 is 0 Å². The first kappa shape index (κ1) is 16.3. The molecule has 24 heavy (non-hydrogen) atoms. The number of likely N-dealkylation sites (tertiary alicyclic amines) is 1. The summed E-state index contributed by atoms with van der Waals surface area (Å²) in [5, 5.41) is 0. The molecule has 3 aliphatic heterocycles. The van der Waals surface area contributed by atoms with Crippen LogP contribution in [-0.4, -0.2) is 69.0 Å². The molecule has 0 aliphatic carbocycles. The van der Waals surface area contributed by atoms with Crippen molar-refractivity contribution >= 4 is 5.69 Å². The molecule has 0 radical (unpaired) electrons. The van der Waals surface area contributed by atoms with E-state index in [1.807, 2.05) is 18.5 Å². The lowest BCUT2D eigenvalue weighted by Gasteiger charge is -2.43. The third-order valence-corrected chi connectivity index (χ3v) is 5.91. The molecular formula is C19H29N3O2. The largest absolute Gasteiger partial charge is 0.381 e. The van der Waals surface area contributed by atoms with Crippen molar-refractivity contribution in [3.63, 3.8) is 0 Å². The summed E-state index contributed by atoms with van der Waals surface area (Å²) in [6.45, 7) is 9.31. The van der Waals surface area contributed by atoms with E-state index < -0.39 is 0 Å². The second kappa shape index (κ2) is 7.38. The number of ether oxygens (including phenoxy) is 2. The van der Waals surface area contributed by atoms with Crippen molar-refractivity contribution in [2.24, 2.45) is 11.3 Å². The summed E-state index contributed by atoms with van der Waals surface area (Å²) in [4.78, 5) is 9.41. The Morgan fingerprint density at radius 3 is 2.83 bits per heavy atom. The van der Waals surface area contributed by atoms with Crippen LogP contribution < -0.4 is 4.90 Å². The molecule has 0 saturated carbocycles. The Hall–Kier alpha value is -1.17. The molecule has 1 unspecified atom stereocenters. The highest BCUT2D eigenvalue weighted by Gasteiger charge is 2.38. The SMILES string of the molecule is c1cncc(N2CCOCC3(CCN(CC4CCOC4)CC3)C2)c1. The molecular weight excluding hydrogens is 302 g/mol. The lowest BCUT2D eigenvalue weighted by molar-refractivity contribution is 0.0180. The highest BCUT2D eigenvalue weighted by atomic mass is 16.5. The highest BCUT2D eigenvalue weighted by Crippen LogP contribution is 2.36. The molecule has 3 saturated heterocycles. The summed E-state index contributed by atoms with van der Waals surface area (Å²) in [6.07, 6.45) is 7.53. The molecule has 1 spiro atoms. The Kier molecular flexibility index (Phi) is 5.01. The van der Waals surface area contributed by atoms with E-state index in [1.165, 1.54) is 44.6 Å². The van der Waals surface area contributed by atoms with Crippen LogP contribution in [0.5, 0.6) is 0 Å². The van der Waals surface area contributed by atoms with E-state index in [1.54, 1.807) is 0 Å². The van der Waals surface area contributed by atoms with Gasteiger partial charge < -0.3 is 19.3 Å². The Morgan fingerprint density at radius 2 is 2.08 bits per heavy atom. The van der Waals surface area contributed by atoms with Gasteiger partial charge in [0, 0.05) is 37.9 Å². The van der Waals surface area contributed by atoms with Crippen LogP contribution in [0.3, 0.4) is 0 Å². The van der Waals surface area contributed by atoms with Gasteiger partial charge in [-0.2, -0.15) is 0 Å². The molecule has 1 aromatic rings. The van der Waals surface area contributed by atoms with E-state index in [-0.39, 0.29) is 0 Å². The number of anilines is 1. The number of nitrogens with zero attached hydrogens (tertiary/aromatic N) is 3. The highest BCUT2D eigenvalue weighted by molar-refractivity contribution is 5.44. The number of hydrogen-bond donors (Lipinski definition) is 0. The van der Waals surface area contributed by atoms with Crippen LogP contribution in [0.4, 0.5) is 5.69 Å². The van der Waals surface area contributed by atoms with E-state index >= 15 is 0 Å². The van der Waals surface area contributed by atoms with Crippen molar-refractivity contribution in [1.82, 2.24) is 9.88 Å². The molecule has 4 heterocycles. The van der Waals surface area contributed by atoms with Gasteiger partial charge in [-0.3, -0.25) is 4.98 Å². The molecule has 0 amide bonds. The maximum absolute atomic E-state index is 6.01. The average Bonchev–Trinajstić information content (AvgIpc) is 3.05. The fourth-order valence-electron chi connectivity index (χ4n) is 4.36. The Morgan fingerprint density at radius 1 is 1.17 bits per heavy atom. The molecule has 1 atom stereocenters. The molecule has 4 rings (SSSR count). The van der Waals surface area contributed by atoms with Crippen molar-refractivity contribution < 1.29 is 9.47 Å². The second-order valence-corrected chi connectivity index (χ2v) is 7.72. The molecule has 0 bridgehead atoms.